The molecule has 0 aromatic heterocycles. The molecule has 3 unspecified atom stereocenters. The maximum Gasteiger partial charge on any atom is 0.0470 e. The van der Waals surface area contributed by atoms with Gasteiger partial charge >= 0.3 is 0 Å². The Kier molecular flexibility index (Phi) is 2.96. The maximum atomic E-state index is 6.15. The highest BCUT2D eigenvalue weighted by atomic mass is 15.3. The van der Waals surface area contributed by atoms with Crippen molar-refractivity contribution < 1.29 is 0 Å². The van der Waals surface area contributed by atoms with Crippen LogP contribution in [0.5, 0.6) is 0 Å². The molecule has 1 saturated carbocycles. The summed E-state index contributed by atoms with van der Waals surface area (Å²) in [5, 5.41) is 0. The van der Waals surface area contributed by atoms with Crippen molar-refractivity contribution in [3.8, 4) is 0 Å². The third-order valence-corrected chi connectivity index (χ3v) is 5.46. The van der Waals surface area contributed by atoms with Gasteiger partial charge in [-0.05, 0) is 31.1 Å². The Morgan fingerprint density at radius 2 is 1.82 bits per heavy atom. The van der Waals surface area contributed by atoms with Crippen molar-refractivity contribution in [3.63, 3.8) is 0 Å². The molecule has 3 fully saturated rings. The molecule has 0 radical (unpaired) electrons. The van der Waals surface area contributed by atoms with Crippen molar-refractivity contribution in [2.45, 2.75) is 44.7 Å². The minimum Gasteiger partial charge on any atom is -0.329 e. The molecule has 3 rings (SSSR count). The van der Waals surface area contributed by atoms with E-state index in [1.165, 1.54) is 45.4 Å². The fourth-order valence-electron chi connectivity index (χ4n) is 3.71. The van der Waals surface area contributed by atoms with E-state index in [-0.39, 0.29) is 0 Å². The van der Waals surface area contributed by atoms with E-state index in [4.69, 9.17) is 5.73 Å². The predicted octanol–water partition coefficient (Wildman–Crippen LogP) is 1.14. The molecule has 3 atom stereocenters. The van der Waals surface area contributed by atoms with Crippen LogP contribution in [0.1, 0.15) is 33.1 Å². The zero-order valence-electron chi connectivity index (χ0n) is 11.4. The van der Waals surface area contributed by atoms with Crippen molar-refractivity contribution in [1.82, 2.24) is 9.80 Å². The van der Waals surface area contributed by atoms with Crippen molar-refractivity contribution >= 4 is 0 Å². The molecule has 0 aromatic carbocycles. The highest BCUT2D eigenvalue weighted by molar-refractivity contribution is 5.05. The Morgan fingerprint density at radius 3 is 2.35 bits per heavy atom. The first kappa shape index (κ1) is 11.9. The van der Waals surface area contributed by atoms with Crippen LogP contribution in [0.3, 0.4) is 0 Å². The van der Waals surface area contributed by atoms with Gasteiger partial charge in [0.05, 0.1) is 0 Å². The lowest BCUT2D eigenvalue weighted by Crippen LogP contribution is -2.55. The molecular formula is C14H27N3. The summed E-state index contributed by atoms with van der Waals surface area (Å²) in [6.07, 6.45) is 4.14. The molecule has 3 nitrogen and oxygen atoms in total. The second-order valence-corrected chi connectivity index (χ2v) is 6.74. The summed E-state index contributed by atoms with van der Waals surface area (Å²) >= 11 is 0. The van der Waals surface area contributed by atoms with E-state index in [2.05, 4.69) is 23.6 Å². The van der Waals surface area contributed by atoms with Crippen LogP contribution in [-0.4, -0.2) is 54.1 Å². The lowest BCUT2D eigenvalue weighted by atomic mass is 9.96. The van der Waals surface area contributed by atoms with Gasteiger partial charge in [-0.25, -0.2) is 0 Å². The van der Waals surface area contributed by atoms with Crippen LogP contribution in [0.15, 0.2) is 0 Å². The van der Waals surface area contributed by atoms with Crippen LogP contribution >= 0.6 is 0 Å². The van der Waals surface area contributed by atoms with Crippen molar-refractivity contribution in [3.05, 3.63) is 0 Å². The summed E-state index contributed by atoms with van der Waals surface area (Å²) < 4.78 is 0. The molecule has 0 aromatic rings. The summed E-state index contributed by atoms with van der Waals surface area (Å²) in [6, 6.07) is 0.904. The molecule has 0 spiro atoms. The van der Waals surface area contributed by atoms with Gasteiger partial charge in [-0.2, -0.15) is 0 Å². The largest absolute Gasteiger partial charge is 0.329 e. The average Bonchev–Trinajstić information content (AvgIpc) is 2.99. The van der Waals surface area contributed by atoms with Gasteiger partial charge in [0, 0.05) is 44.3 Å². The minimum atomic E-state index is 0.307. The molecular weight excluding hydrogens is 210 g/mol. The molecule has 2 N–H and O–H groups in total. The fourth-order valence-corrected chi connectivity index (χ4v) is 3.71. The van der Waals surface area contributed by atoms with Gasteiger partial charge < -0.3 is 5.73 Å². The molecule has 2 heterocycles. The van der Waals surface area contributed by atoms with E-state index in [1.807, 2.05) is 0 Å². The topological polar surface area (TPSA) is 32.5 Å². The standard InChI is InChI=1S/C14H27N3/c1-11-7-17(8-12(11)2)14(9-15)5-6-16(10-14)13-3-4-13/h11-13H,3-10,15H2,1-2H3. The molecule has 1 aliphatic carbocycles. The van der Waals surface area contributed by atoms with E-state index in [9.17, 15) is 0 Å². The van der Waals surface area contributed by atoms with E-state index >= 15 is 0 Å². The van der Waals surface area contributed by atoms with Crippen LogP contribution in [0, 0.1) is 11.8 Å². The maximum absolute atomic E-state index is 6.15. The summed E-state index contributed by atoms with van der Waals surface area (Å²) in [5.41, 5.74) is 6.46. The van der Waals surface area contributed by atoms with E-state index in [0.717, 1.165) is 24.4 Å². The number of nitrogens with two attached hydrogens (primary N) is 1. The van der Waals surface area contributed by atoms with E-state index in [1.54, 1.807) is 0 Å². The highest BCUT2D eigenvalue weighted by Crippen LogP contribution is 2.38. The Balaban J connectivity index is 1.70. The monoisotopic (exact) mass is 237 g/mol. The molecule has 17 heavy (non-hydrogen) atoms. The SMILES string of the molecule is CC1CN(C2(CN)CCN(C3CC3)C2)CC1C. The van der Waals surface area contributed by atoms with Crippen LogP contribution in [0.2, 0.25) is 0 Å². The van der Waals surface area contributed by atoms with Crippen LogP contribution in [0.25, 0.3) is 0 Å². The van der Waals surface area contributed by atoms with Gasteiger partial charge in [-0.3, -0.25) is 9.80 Å². The Hall–Kier alpha value is -0.120. The van der Waals surface area contributed by atoms with Gasteiger partial charge in [-0.15, -0.1) is 0 Å². The van der Waals surface area contributed by atoms with E-state index < -0.39 is 0 Å². The Morgan fingerprint density at radius 1 is 1.18 bits per heavy atom. The molecule has 0 bridgehead atoms. The Labute approximate surface area is 105 Å². The first-order valence-corrected chi connectivity index (χ1v) is 7.34. The summed E-state index contributed by atoms with van der Waals surface area (Å²) in [4.78, 5) is 5.41. The zero-order valence-corrected chi connectivity index (χ0v) is 11.4. The lowest BCUT2D eigenvalue weighted by Gasteiger charge is -2.38. The normalized spacial score (nSPS) is 44.6. The first-order chi connectivity index (χ1) is 8.14. The molecule has 3 heteroatoms. The third kappa shape index (κ3) is 2.02. The molecule has 0 amide bonds. The third-order valence-electron chi connectivity index (χ3n) is 5.46. The fraction of sp³-hybridized carbons (Fsp3) is 1.00. The first-order valence-electron chi connectivity index (χ1n) is 7.34. The quantitative estimate of drug-likeness (QED) is 0.799. The van der Waals surface area contributed by atoms with Gasteiger partial charge in [-0.1, -0.05) is 13.8 Å². The summed E-state index contributed by atoms with van der Waals surface area (Å²) in [5.74, 6) is 1.68. The second-order valence-electron chi connectivity index (χ2n) is 6.74. The Bertz CT molecular complexity index is 279. The number of likely N-dealkylation sites (tertiary alicyclic amines) is 2. The summed E-state index contributed by atoms with van der Waals surface area (Å²) in [6.45, 7) is 10.7. The highest BCUT2D eigenvalue weighted by Gasteiger charge is 2.48. The molecule has 3 aliphatic rings. The van der Waals surface area contributed by atoms with Crippen LogP contribution < -0.4 is 5.73 Å². The predicted molar refractivity (Wildman–Crippen MR) is 70.9 cm³/mol. The lowest BCUT2D eigenvalue weighted by molar-refractivity contribution is 0.120. The molecule has 98 valence electrons. The van der Waals surface area contributed by atoms with Gasteiger partial charge in [0.25, 0.3) is 0 Å². The number of hydrogen-bond donors (Lipinski definition) is 1. The summed E-state index contributed by atoms with van der Waals surface area (Å²) in [7, 11) is 0. The van der Waals surface area contributed by atoms with Crippen molar-refractivity contribution in [2.75, 3.05) is 32.7 Å². The van der Waals surface area contributed by atoms with Crippen molar-refractivity contribution in [1.29, 1.82) is 0 Å². The number of rotatable bonds is 3. The van der Waals surface area contributed by atoms with E-state index in [0.29, 0.717) is 5.54 Å². The van der Waals surface area contributed by atoms with Gasteiger partial charge in [0.15, 0.2) is 0 Å². The van der Waals surface area contributed by atoms with Crippen LogP contribution in [0.4, 0.5) is 0 Å². The zero-order chi connectivity index (χ0) is 12.0. The minimum absolute atomic E-state index is 0.307. The van der Waals surface area contributed by atoms with Gasteiger partial charge in [0.1, 0.15) is 0 Å². The molecule has 2 aliphatic heterocycles. The average molecular weight is 237 g/mol. The number of nitrogens with zero attached hydrogens (tertiary/aromatic N) is 2. The van der Waals surface area contributed by atoms with Gasteiger partial charge in [0.2, 0.25) is 0 Å². The smallest absolute Gasteiger partial charge is 0.0470 e. The number of hydrogen-bond acceptors (Lipinski definition) is 3. The second kappa shape index (κ2) is 4.22. The van der Waals surface area contributed by atoms with Crippen molar-refractivity contribution in [2.24, 2.45) is 17.6 Å². The molecule has 2 saturated heterocycles. The van der Waals surface area contributed by atoms with Crippen LogP contribution in [-0.2, 0) is 0 Å².